The first-order valence-electron chi connectivity index (χ1n) is 5.41. The van der Waals surface area contributed by atoms with E-state index >= 15 is 0 Å². The summed E-state index contributed by atoms with van der Waals surface area (Å²) in [4.78, 5) is 21.6. The van der Waals surface area contributed by atoms with Crippen LogP contribution >= 0.6 is 11.6 Å². The van der Waals surface area contributed by atoms with E-state index in [1.807, 2.05) is 0 Å². The number of rotatable bonds is 4. The molecule has 1 unspecified atom stereocenters. The van der Waals surface area contributed by atoms with Gasteiger partial charge in [-0.05, 0) is 13.0 Å². The van der Waals surface area contributed by atoms with E-state index < -0.39 is 29.5 Å². The predicted octanol–water partition coefficient (Wildman–Crippen LogP) is 3.32. The zero-order chi connectivity index (χ0) is 15.5. The van der Waals surface area contributed by atoms with E-state index in [0.29, 0.717) is 0 Å². The molecule has 1 aromatic rings. The van der Waals surface area contributed by atoms with Gasteiger partial charge < -0.3 is 5.32 Å². The molecule has 20 heavy (non-hydrogen) atoms. The van der Waals surface area contributed by atoms with E-state index in [4.69, 9.17) is 11.6 Å². The van der Waals surface area contributed by atoms with Crippen LogP contribution in [0.4, 0.5) is 18.9 Å². The molecule has 1 rings (SSSR count). The van der Waals surface area contributed by atoms with Crippen LogP contribution < -0.4 is 5.32 Å². The van der Waals surface area contributed by atoms with Crippen LogP contribution in [0.3, 0.4) is 0 Å². The molecule has 1 atom stereocenters. The van der Waals surface area contributed by atoms with Gasteiger partial charge in [-0.25, -0.2) is 0 Å². The number of carbonyl (C=O) groups excluding carboxylic acids is 1. The van der Waals surface area contributed by atoms with Gasteiger partial charge >= 0.3 is 6.18 Å². The number of hydrogen-bond acceptors (Lipinski definition) is 3. The average molecular weight is 311 g/mol. The van der Waals surface area contributed by atoms with Crippen molar-refractivity contribution in [3.63, 3.8) is 0 Å². The smallest absolute Gasteiger partial charge is 0.349 e. The second-order valence-corrected chi connectivity index (χ2v) is 4.52. The van der Waals surface area contributed by atoms with Gasteiger partial charge in [0.25, 0.3) is 11.6 Å². The summed E-state index contributed by atoms with van der Waals surface area (Å²) in [5, 5.41) is 12.6. The molecule has 9 heteroatoms. The number of hydrogen-bond donors (Lipinski definition) is 1. The fraction of sp³-hybridized carbons (Fsp3) is 0.364. The standard InChI is InChI=1S/C11H10ClF3N2O3/c1-6(5-11(13,14)15)16-10(18)8-4-7(17(19)20)2-3-9(8)12/h2-4,6H,5H2,1H3,(H,16,18). The lowest BCUT2D eigenvalue weighted by Gasteiger charge is -2.16. The van der Waals surface area contributed by atoms with Crippen molar-refractivity contribution in [3.05, 3.63) is 38.9 Å². The highest BCUT2D eigenvalue weighted by molar-refractivity contribution is 6.33. The summed E-state index contributed by atoms with van der Waals surface area (Å²) in [6.45, 7) is 1.18. The van der Waals surface area contributed by atoms with Gasteiger partial charge in [0.05, 0.1) is 21.9 Å². The number of non-ortho nitro benzene ring substituents is 1. The maximum atomic E-state index is 12.1. The van der Waals surface area contributed by atoms with Gasteiger partial charge in [0.15, 0.2) is 0 Å². The molecule has 0 bridgehead atoms. The summed E-state index contributed by atoms with van der Waals surface area (Å²) < 4.78 is 36.4. The molecule has 0 saturated carbocycles. The number of nitro benzene ring substituents is 1. The van der Waals surface area contributed by atoms with Crippen molar-refractivity contribution in [1.29, 1.82) is 0 Å². The van der Waals surface area contributed by atoms with Gasteiger partial charge in [-0.1, -0.05) is 11.6 Å². The Morgan fingerprint density at radius 1 is 1.50 bits per heavy atom. The van der Waals surface area contributed by atoms with E-state index in [0.717, 1.165) is 18.2 Å². The molecule has 0 fully saturated rings. The summed E-state index contributed by atoms with van der Waals surface area (Å²) in [5.74, 6) is -0.893. The molecular weight excluding hydrogens is 301 g/mol. The van der Waals surface area contributed by atoms with Gasteiger partial charge in [0, 0.05) is 18.2 Å². The molecule has 1 N–H and O–H groups in total. The second-order valence-electron chi connectivity index (χ2n) is 4.12. The monoisotopic (exact) mass is 310 g/mol. The van der Waals surface area contributed by atoms with E-state index in [-0.39, 0.29) is 16.3 Å². The third kappa shape index (κ3) is 4.69. The van der Waals surface area contributed by atoms with Crippen LogP contribution in [0.25, 0.3) is 0 Å². The van der Waals surface area contributed by atoms with Crippen LogP contribution in [0.15, 0.2) is 18.2 Å². The van der Waals surface area contributed by atoms with Crippen molar-refractivity contribution < 1.29 is 22.9 Å². The van der Waals surface area contributed by atoms with E-state index in [1.165, 1.54) is 6.92 Å². The van der Waals surface area contributed by atoms with Crippen molar-refractivity contribution >= 4 is 23.2 Å². The third-order valence-electron chi connectivity index (χ3n) is 2.32. The number of carbonyl (C=O) groups is 1. The van der Waals surface area contributed by atoms with Crippen LogP contribution in [0.1, 0.15) is 23.7 Å². The van der Waals surface area contributed by atoms with Crippen molar-refractivity contribution in [2.75, 3.05) is 0 Å². The number of nitrogens with zero attached hydrogens (tertiary/aromatic N) is 1. The Bertz CT molecular complexity index is 534. The van der Waals surface area contributed by atoms with Crippen LogP contribution in [0.5, 0.6) is 0 Å². The lowest BCUT2D eigenvalue weighted by Crippen LogP contribution is -2.36. The molecule has 0 aliphatic rings. The number of nitrogens with one attached hydrogen (secondary N) is 1. The summed E-state index contributed by atoms with van der Waals surface area (Å²) in [6.07, 6.45) is -5.62. The van der Waals surface area contributed by atoms with Gasteiger partial charge in [-0.3, -0.25) is 14.9 Å². The zero-order valence-corrected chi connectivity index (χ0v) is 11.0. The number of halogens is 4. The summed E-state index contributed by atoms with van der Waals surface area (Å²) >= 11 is 5.71. The Kier molecular flexibility index (Phi) is 4.93. The summed E-state index contributed by atoms with van der Waals surface area (Å²) in [7, 11) is 0. The maximum absolute atomic E-state index is 12.1. The Morgan fingerprint density at radius 2 is 2.10 bits per heavy atom. The Labute approximate surface area is 116 Å². The lowest BCUT2D eigenvalue weighted by molar-refractivity contribution is -0.384. The van der Waals surface area contributed by atoms with Crippen molar-refractivity contribution in [2.45, 2.75) is 25.6 Å². The largest absolute Gasteiger partial charge is 0.391 e. The third-order valence-corrected chi connectivity index (χ3v) is 2.65. The van der Waals surface area contributed by atoms with E-state index in [9.17, 15) is 28.1 Å². The first-order chi connectivity index (χ1) is 9.10. The number of alkyl halides is 3. The molecule has 0 spiro atoms. The van der Waals surface area contributed by atoms with Gasteiger partial charge in [-0.15, -0.1) is 0 Å². The average Bonchev–Trinajstić information content (AvgIpc) is 2.26. The number of amides is 1. The van der Waals surface area contributed by atoms with Crippen molar-refractivity contribution in [3.8, 4) is 0 Å². The second kappa shape index (κ2) is 6.08. The van der Waals surface area contributed by atoms with Crippen molar-refractivity contribution in [2.24, 2.45) is 0 Å². The van der Waals surface area contributed by atoms with Gasteiger partial charge in [0.2, 0.25) is 0 Å². The minimum atomic E-state index is -4.42. The van der Waals surface area contributed by atoms with Gasteiger partial charge in [0.1, 0.15) is 0 Å². The van der Waals surface area contributed by atoms with Crippen molar-refractivity contribution in [1.82, 2.24) is 5.32 Å². The van der Waals surface area contributed by atoms with Crippen LogP contribution in [0, 0.1) is 10.1 Å². The Morgan fingerprint density at radius 3 is 2.60 bits per heavy atom. The molecule has 110 valence electrons. The highest BCUT2D eigenvalue weighted by Crippen LogP contribution is 2.24. The molecule has 1 aromatic carbocycles. The van der Waals surface area contributed by atoms with E-state index in [1.54, 1.807) is 0 Å². The van der Waals surface area contributed by atoms with Gasteiger partial charge in [-0.2, -0.15) is 13.2 Å². The minimum Gasteiger partial charge on any atom is -0.349 e. The Balaban J connectivity index is 2.87. The van der Waals surface area contributed by atoms with Crippen LogP contribution in [0.2, 0.25) is 5.02 Å². The number of benzene rings is 1. The predicted molar refractivity (Wildman–Crippen MR) is 65.7 cm³/mol. The SMILES string of the molecule is CC(CC(F)(F)F)NC(=O)c1cc([N+](=O)[O-])ccc1Cl. The molecule has 0 radical (unpaired) electrons. The molecule has 1 amide bonds. The molecule has 5 nitrogen and oxygen atoms in total. The van der Waals surface area contributed by atoms with Crippen LogP contribution in [-0.2, 0) is 0 Å². The molecule has 0 heterocycles. The zero-order valence-electron chi connectivity index (χ0n) is 10.2. The molecule has 0 aliphatic heterocycles. The first kappa shape index (κ1) is 16.2. The normalized spacial score (nSPS) is 12.8. The summed E-state index contributed by atoms with van der Waals surface area (Å²) in [6, 6.07) is 1.98. The lowest BCUT2D eigenvalue weighted by atomic mass is 10.1. The molecule has 0 aromatic heterocycles. The van der Waals surface area contributed by atoms with Crippen LogP contribution in [-0.4, -0.2) is 23.0 Å². The fourth-order valence-corrected chi connectivity index (χ4v) is 1.70. The Hall–Kier alpha value is -1.83. The first-order valence-corrected chi connectivity index (χ1v) is 5.79. The minimum absolute atomic E-state index is 0.0766. The molecule has 0 aliphatic carbocycles. The molecular formula is C11H10ClF3N2O3. The van der Waals surface area contributed by atoms with E-state index in [2.05, 4.69) is 5.32 Å². The number of nitro groups is 1. The maximum Gasteiger partial charge on any atom is 0.391 e. The topological polar surface area (TPSA) is 72.2 Å². The highest BCUT2D eigenvalue weighted by Gasteiger charge is 2.31. The molecule has 0 saturated heterocycles. The fourth-order valence-electron chi connectivity index (χ4n) is 1.50. The highest BCUT2D eigenvalue weighted by atomic mass is 35.5. The summed E-state index contributed by atoms with van der Waals surface area (Å²) in [5.41, 5.74) is -0.613. The quantitative estimate of drug-likeness (QED) is 0.685.